The van der Waals surface area contributed by atoms with Crippen molar-refractivity contribution in [1.29, 1.82) is 0 Å². The zero-order chi connectivity index (χ0) is 20.6. The van der Waals surface area contributed by atoms with Gasteiger partial charge in [-0.15, -0.1) is 0 Å². The molecule has 1 aromatic carbocycles. The Kier molecular flexibility index (Phi) is 7.85. The van der Waals surface area contributed by atoms with E-state index in [4.69, 9.17) is 9.72 Å². The second-order valence-electron chi connectivity index (χ2n) is 7.22. The normalized spacial score (nSPS) is 14.8. The molecule has 3 rings (SSSR count). The third-order valence-corrected chi connectivity index (χ3v) is 5.82. The quantitative estimate of drug-likeness (QED) is 0.494. The number of hydrogen-bond acceptors (Lipinski definition) is 6. The van der Waals surface area contributed by atoms with Gasteiger partial charge in [-0.2, -0.15) is 0 Å². The zero-order valence-electron chi connectivity index (χ0n) is 17.4. The number of hydrogen-bond donors (Lipinski definition) is 2. The maximum atomic E-state index is 11.9. The summed E-state index contributed by atoms with van der Waals surface area (Å²) in [6.07, 6.45) is 0. The van der Waals surface area contributed by atoms with Crippen molar-refractivity contribution in [3.8, 4) is 0 Å². The number of quaternary nitrogens is 1. The largest absolute Gasteiger partial charge is 0.378 e. The molecule has 1 aromatic heterocycles. The number of rotatable bonds is 8. The predicted octanol–water partition coefficient (Wildman–Crippen LogP) is 1.000. The van der Waals surface area contributed by atoms with Crippen LogP contribution in [-0.2, 0) is 17.1 Å². The molecule has 0 saturated carbocycles. The first-order valence-corrected chi connectivity index (χ1v) is 11.0. The van der Waals surface area contributed by atoms with E-state index in [1.807, 2.05) is 37.3 Å². The van der Waals surface area contributed by atoms with E-state index in [9.17, 15) is 4.79 Å². The molecule has 2 aromatic rings. The lowest BCUT2D eigenvalue weighted by atomic mass is 10.1. The van der Waals surface area contributed by atoms with E-state index in [-0.39, 0.29) is 5.91 Å². The van der Waals surface area contributed by atoms with E-state index >= 15 is 0 Å². The number of thioether (sulfide) groups is 1. The molecule has 1 amide bonds. The van der Waals surface area contributed by atoms with E-state index in [1.54, 1.807) is 23.8 Å². The molecule has 0 radical (unpaired) electrons. The highest BCUT2D eigenvalue weighted by molar-refractivity contribution is 7.98. The minimum Gasteiger partial charge on any atom is -0.378 e. The summed E-state index contributed by atoms with van der Waals surface area (Å²) in [6, 6.07) is 9.74. The average Bonchev–Trinajstić information content (AvgIpc) is 2.73. The molecule has 8 heteroatoms. The van der Waals surface area contributed by atoms with Crippen molar-refractivity contribution in [2.75, 3.05) is 51.8 Å². The first kappa shape index (κ1) is 21.5. The highest BCUT2D eigenvalue weighted by Crippen LogP contribution is 2.23. The molecular weight excluding hydrogens is 386 g/mol. The number of ether oxygens (including phenoxy) is 1. The van der Waals surface area contributed by atoms with Crippen LogP contribution < -0.4 is 15.1 Å². The highest BCUT2D eigenvalue weighted by Gasteiger charge is 2.19. The molecule has 0 bridgehead atoms. The number of carbonyl (C=O) groups excluding carboxylic acids is 1. The van der Waals surface area contributed by atoms with Gasteiger partial charge in [0, 0.05) is 31.0 Å². The average molecular weight is 417 g/mol. The number of nitrogens with zero attached hydrogens (tertiary/aromatic N) is 3. The van der Waals surface area contributed by atoms with Crippen molar-refractivity contribution in [3.05, 3.63) is 47.2 Å². The van der Waals surface area contributed by atoms with E-state index < -0.39 is 0 Å². The number of piperazine rings is 1. The molecular formula is C21H30N5O2S+. The van der Waals surface area contributed by atoms with E-state index in [0.717, 1.165) is 54.2 Å². The van der Waals surface area contributed by atoms with Crippen LogP contribution in [0.2, 0.25) is 0 Å². The predicted molar refractivity (Wildman–Crippen MR) is 116 cm³/mol. The highest BCUT2D eigenvalue weighted by atomic mass is 32.2. The topological polar surface area (TPSA) is 71.8 Å². The molecule has 1 aliphatic rings. The Hall–Kier alpha value is -2.16. The number of benzene rings is 1. The molecule has 156 valence electrons. The van der Waals surface area contributed by atoms with E-state index in [0.29, 0.717) is 18.7 Å². The summed E-state index contributed by atoms with van der Waals surface area (Å²) in [6.45, 7) is 7.25. The molecule has 2 heterocycles. The molecule has 1 fully saturated rings. The number of carbonyl (C=O) groups is 1. The van der Waals surface area contributed by atoms with Gasteiger partial charge in [0.25, 0.3) is 5.91 Å². The van der Waals surface area contributed by atoms with Gasteiger partial charge in [0.2, 0.25) is 0 Å². The molecule has 0 spiro atoms. The third-order valence-electron chi connectivity index (χ3n) is 4.90. The lowest BCUT2D eigenvalue weighted by Gasteiger charge is -2.31. The second kappa shape index (κ2) is 10.6. The van der Waals surface area contributed by atoms with Crippen molar-refractivity contribution < 1.29 is 14.4 Å². The maximum Gasteiger partial charge on any atom is 0.251 e. The third kappa shape index (κ3) is 6.16. The Balaban J connectivity index is 1.68. The maximum absolute atomic E-state index is 11.9. The van der Waals surface area contributed by atoms with Crippen molar-refractivity contribution in [2.24, 2.45) is 0 Å². The summed E-state index contributed by atoms with van der Waals surface area (Å²) >= 11 is 1.61. The van der Waals surface area contributed by atoms with Crippen LogP contribution in [-0.4, -0.2) is 62.8 Å². The van der Waals surface area contributed by atoms with E-state index in [2.05, 4.69) is 22.2 Å². The summed E-state index contributed by atoms with van der Waals surface area (Å²) < 4.78 is 5.30. The number of likely N-dealkylation sites (N-methyl/N-ethyl adjacent to an activating group) is 1. The van der Waals surface area contributed by atoms with Crippen LogP contribution in [0.1, 0.15) is 28.5 Å². The fraction of sp³-hybridized carbons (Fsp3) is 0.476. The number of anilines is 1. The zero-order valence-corrected chi connectivity index (χ0v) is 18.2. The minimum atomic E-state index is -0.0408. The Morgan fingerprint density at radius 2 is 1.97 bits per heavy atom. The van der Waals surface area contributed by atoms with Gasteiger partial charge >= 0.3 is 0 Å². The van der Waals surface area contributed by atoms with Gasteiger partial charge in [-0.1, -0.05) is 23.9 Å². The van der Waals surface area contributed by atoms with Crippen LogP contribution in [0, 0.1) is 0 Å². The van der Waals surface area contributed by atoms with Crippen LogP contribution in [0.25, 0.3) is 0 Å². The molecule has 0 atom stereocenters. The van der Waals surface area contributed by atoms with Crippen molar-refractivity contribution in [1.82, 2.24) is 15.3 Å². The fourth-order valence-corrected chi connectivity index (χ4v) is 4.02. The van der Waals surface area contributed by atoms with E-state index in [1.165, 1.54) is 0 Å². The summed E-state index contributed by atoms with van der Waals surface area (Å²) in [5.41, 5.74) is 2.71. The minimum absolute atomic E-state index is 0.0408. The van der Waals surface area contributed by atoms with Gasteiger partial charge < -0.3 is 19.9 Å². The summed E-state index contributed by atoms with van der Waals surface area (Å²) in [5.74, 6) is 1.69. The lowest BCUT2D eigenvalue weighted by Crippen LogP contribution is -3.12. The first-order chi connectivity index (χ1) is 14.1. The van der Waals surface area contributed by atoms with Gasteiger partial charge in [0.05, 0.1) is 45.5 Å². The fourth-order valence-electron chi connectivity index (χ4n) is 3.19. The Morgan fingerprint density at radius 1 is 1.24 bits per heavy atom. The van der Waals surface area contributed by atoms with Crippen LogP contribution in [0.15, 0.2) is 35.5 Å². The monoisotopic (exact) mass is 416 g/mol. The van der Waals surface area contributed by atoms with Crippen molar-refractivity contribution in [2.45, 2.75) is 24.4 Å². The van der Waals surface area contributed by atoms with Gasteiger partial charge in [0.15, 0.2) is 5.16 Å². The summed E-state index contributed by atoms with van der Waals surface area (Å²) in [7, 11) is 3.91. The Morgan fingerprint density at radius 3 is 2.62 bits per heavy atom. The number of nitrogens with one attached hydrogen (secondary N) is 2. The van der Waals surface area contributed by atoms with Gasteiger partial charge in [-0.3, -0.25) is 4.79 Å². The van der Waals surface area contributed by atoms with Crippen LogP contribution in [0.4, 0.5) is 5.82 Å². The van der Waals surface area contributed by atoms with Gasteiger partial charge in [-0.05, 0) is 24.6 Å². The Bertz CT molecular complexity index is 807. The molecule has 1 saturated heterocycles. The van der Waals surface area contributed by atoms with Gasteiger partial charge in [-0.25, -0.2) is 9.97 Å². The summed E-state index contributed by atoms with van der Waals surface area (Å²) in [4.78, 5) is 25.2. The first-order valence-electron chi connectivity index (χ1n) is 10.0. The standard InChI is InChI=1S/C21H29N5O2S/c1-4-22-20(27)17-7-5-16(6-8-17)15-29-21-23-18(14-28-3)13-19(24-21)26-11-9-25(2)10-12-26/h5-8,13H,4,9-12,14-15H2,1-3H3,(H,22,27)/p+1. The molecule has 7 nitrogen and oxygen atoms in total. The molecule has 2 N–H and O–H groups in total. The Labute approximate surface area is 176 Å². The SMILES string of the molecule is CCNC(=O)c1ccc(CSc2nc(COC)cc(N3CC[NH+](C)CC3)n2)cc1. The van der Waals surface area contributed by atoms with Crippen LogP contribution in [0.5, 0.6) is 0 Å². The molecule has 29 heavy (non-hydrogen) atoms. The van der Waals surface area contributed by atoms with Crippen LogP contribution >= 0.6 is 11.8 Å². The van der Waals surface area contributed by atoms with Crippen LogP contribution in [0.3, 0.4) is 0 Å². The van der Waals surface area contributed by atoms with Crippen molar-refractivity contribution >= 4 is 23.5 Å². The lowest BCUT2D eigenvalue weighted by molar-refractivity contribution is -0.880. The molecule has 0 aliphatic carbocycles. The number of amides is 1. The molecule has 0 unspecified atom stereocenters. The number of methoxy groups -OCH3 is 1. The smallest absolute Gasteiger partial charge is 0.251 e. The molecule has 1 aliphatic heterocycles. The van der Waals surface area contributed by atoms with Crippen molar-refractivity contribution in [3.63, 3.8) is 0 Å². The summed E-state index contributed by atoms with van der Waals surface area (Å²) in [5, 5.41) is 3.57. The second-order valence-corrected chi connectivity index (χ2v) is 8.16. The van der Waals surface area contributed by atoms with Gasteiger partial charge in [0.1, 0.15) is 5.82 Å². The number of aromatic nitrogens is 2.